The summed E-state index contributed by atoms with van der Waals surface area (Å²) in [6, 6.07) is 4.22. The molecule has 90 valence electrons. The molecule has 0 amide bonds. The van der Waals surface area contributed by atoms with Crippen LogP contribution in [0.4, 0.5) is 0 Å². The van der Waals surface area contributed by atoms with Crippen LogP contribution in [0.15, 0.2) is 35.2 Å². The average molecular weight is 295 g/mol. The lowest BCUT2D eigenvalue weighted by atomic mass is 10.1. The molecule has 0 spiro atoms. The molecule has 0 saturated carbocycles. The van der Waals surface area contributed by atoms with E-state index in [4.69, 9.17) is 0 Å². The van der Waals surface area contributed by atoms with Crippen molar-refractivity contribution in [3.63, 3.8) is 0 Å². The number of aryl methyl sites for hydroxylation is 1. The van der Waals surface area contributed by atoms with Gasteiger partial charge in [0.05, 0.1) is 6.04 Å². The van der Waals surface area contributed by atoms with Gasteiger partial charge in [-0.05, 0) is 35.1 Å². The lowest BCUT2D eigenvalue weighted by Crippen LogP contribution is -2.22. The smallest absolute Gasteiger partial charge is 0.125 e. The highest BCUT2D eigenvalue weighted by atomic mass is 79.9. The monoisotopic (exact) mass is 294 g/mol. The van der Waals surface area contributed by atoms with Gasteiger partial charge in [-0.2, -0.15) is 0 Å². The topological polar surface area (TPSA) is 42.7 Å². The first-order chi connectivity index (χ1) is 8.20. The summed E-state index contributed by atoms with van der Waals surface area (Å²) in [5, 5.41) is 3.27. The molecule has 2 heterocycles. The second-order valence-electron chi connectivity index (χ2n) is 3.91. The Morgan fingerprint density at radius 3 is 2.76 bits per heavy atom. The van der Waals surface area contributed by atoms with E-state index in [0.717, 1.165) is 22.4 Å². The molecule has 17 heavy (non-hydrogen) atoms. The number of imidazole rings is 1. The van der Waals surface area contributed by atoms with Crippen molar-refractivity contribution in [2.75, 3.05) is 7.05 Å². The number of rotatable bonds is 4. The first-order valence-electron chi connectivity index (χ1n) is 5.45. The van der Waals surface area contributed by atoms with E-state index in [2.05, 4.69) is 31.2 Å². The van der Waals surface area contributed by atoms with E-state index in [-0.39, 0.29) is 6.04 Å². The lowest BCUT2D eigenvalue weighted by Gasteiger charge is -2.15. The molecule has 0 aliphatic heterocycles. The third kappa shape index (κ3) is 2.92. The van der Waals surface area contributed by atoms with Crippen molar-refractivity contribution in [1.82, 2.24) is 19.9 Å². The number of hydrogen-bond acceptors (Lipinski definition) is 3. The summed E-state index contributed by atoms with van der Waals surface area (Å²) >= 11 is 3.38. The molecule has 0 aliphatic carbocycles. The van der Waals surface area contributed by atoms with Crippen LogP contribution in [0.3, 0.4) is 0 Å². The number of halogens is 1. The van der Waals surface area contributed by atoms with Crippen LogP contribution < -0.4 is 5.32 Å². The fourth-order valence-corrected chi connectivity index (χ4v) is 2.01. The van der Waals surface area contributed by atoms with Crippen molar-refractivity contribution >= 4 is 15.9 Å². The van der Waals surface area contributed by atoms with Crippen molar-refractivity contribution in [2.45, 2.75) is 12.5 Å². The summed E-state index contributed by atoms with van der Waals surface area (Å²) < 4.78 is 3.03. The van der Waals surface area contributed by atoms with Crippen molar-refractivity contribution in [2.24, 2.45) is 7.05 Å². The second-order valence-corrected chi connectivity index (χ2v) is 4.83. The van der Waals surface area contributed by atoms with Crippen LogP contribution in [0.5, 0.6) is 0 Å². The molecule has 0 aliphatic rings. The molecule has 4 nitrogen and oxygen atoms in total. The fraction of sp³-hybridized carbons (Fsp3) is 0.333. The third-order valence-electron chi connectivity index (χ3n) is 2.72. The van der Waals surface area contributed by atoms with Gasteiger partial charge >= 0.3 is 0 Å². The SMILES string of the molecule is CNC(Cc1ccc(Br)cn1)c1nccn1C. The predicted octanol–water partition coefficient (Wildman–Crippen LogP) is 2.08. The lowest BCUT2D eigenvalue weighted by molar-refractivity contribution is 0.533. The van der Waals surface area contributed by atoms with Gasteiger partial charge in [-0.25, -0.2) is 4.98 Å². The van der Waals surface area contributed by atoms with Crippen LogP contribution in [0, 0.1) is 0 Å². The third-order valence-corrected chi connectivity index (χ3v) is 3.19. The first-order valence-corrected chi connectivity index (χ1v) is 6.25. The number of hydrogen-bond donors (Lipinski definition) is 1. The number of nitrogens with one attached hydrogen (secondary N) is 1. The van der Waals surface area contributed by atoms with Crippen LogP contribution in [0.25, 0.3) is 0 Å². The predicted molar refractivity (Wildman–Crippen MR) is 70.6 cm³/mol. The summed E-state index contributed by atoms with van der Waals surface area (Å²) in [6.45, 7) is 0. The summed E-state index contributed by atoms with van der Waals surface area (Å²) in [5.41, 5.74) is 1.05. The van der Waals surface area contributed by atoms with E-state index in [1.807, 2.05) is 49.4 Å². The van der Waals surface area contributed by atoms with Gasteiger partial charge in [0, 0.05) is 42.2 Å². The molecule has 0 radical (unpaired) electrons. The maximum Gasteiger partial charge on any atom is 0.125 e. The zero-order chi connectivity index (χ0) is 12.3. The Morgan fingerprint density at radius 1 is 1.41 bits per heavy atom. The van der Waals surface area contributed by atoms with Crippen LogP contribution >= 0.6 is 15.9 Å². The highest BCUT2D eigenvalue weighted by Gasteiger charge is 2.14. The Bertz CT molecular complexity index is 478. The zero-order valence-corrected chi connectivity index (χ0v) is 11.5. The Labute approximate surface area is 109 Å². The van der Waals surface area contributed by atoms with Gasteiger partial charge < -0.3 is 9.88 Å². The van der Waals surface area contributed by atoms with E-state index in [1.54, 1.807) is 0 Å². The molecule has 1 N–H and O–H groups in total. The summed E-state index contributed by atoms with van der Waals surface area (Å²) in [4.78, 5) is 8.75. The molecule has 1 atom stereocenters. The molecule has 0 saturated heterocycles. The van der Waals surface area contributed by atoms with Crippen LogP contribution in [-0.4, -0.2) is 21.6 Å². The van der Waals surface area contributed by atoms with Crippen molar-refractivity contribution in [3.8, 4) is 0 Å². The number of aromatic nitrogens is 3. The van der Waals surface area contributed by atoms with E-state index >= 15 is 0 Å². The molecule has 0 bridgehead atoms. The molecular formula is C12H15BrN4. The van der Waals surface area contributed by atoms with Gasteiger partial charge in [0.15, 0.2) is 0 Å². The molecule has 2 aromatic rings. The minimum absolute atomic E-state index is 0.184. The molecular weight excluding hydrogens is 280 g/mol. The van der Waals surface area contributed by atoms with Gasteiger partial charge in [-0.15, -0.1) is 0 Å². The molecule has 0 fully saturated rings. The molecule has 2 rings (SSSR count). The number of likely N-dealkylation sites (N-methyl/N-ethyl adjacent to an activating group) is 1. The maximum absolute atomic E-state index is 4.38. The van der Waals surface area contributed by atoms with E-state index in [1.165, 1.54) is 0 Å². The second kappa shape index (κ2) is 5.42. The largest absolute Gasteiger partial charge is 0.337 e. The van der Waals surface area contributed by atoms with Gasteiger partial charge in [-0.1, -0.05) is 0 Å². The molecule has 2 aromatic heterocycles. The van der Waals surface area contributed by atoms with E-state index in [9.17, 15) is 0 Å². The summed E-state index contributed by atoms with van der Waals surface area (Å²) in [7, 11) is 3.94. The van der Waals surface area contributed by atoms with Crippen LogP contribution in [-0.2, 0) is 13.5 Å². The Hall–Kier alpha value is -1.20. The normalized spacial score (nSPS) is 12.6. The van der Waals surface area contributed by atoms with Crippen LogP contribution in [0.1, 0.15) is 17.6 Å². The maximum atomic E-state index is 4.38. The number of nitrogens with zero attached hydrogens (tertiary/aromatic N) is 3. The van der Waals surface area contributed by atoms with Gasteiger partial charge in [0.25, 0.3) is 0 Å². The number of pyridine rings is 1. The minimum Gasteiger partial charge on any atom is -0.337 e. The summed E-state index contributed by atoms with van der Waals surface area (Å²) in [6.07, 6.45) is 6.42. The fourth-order valence-electron chi connectivity index (χ4n) is 1.77. The molecule has 0 aromatic carbocycles. The van der Waals surface area contributed by atoms with Crippen molar-refractivity contribution < 1.29 is 0 Å². The van der Waals surface area contributed by atoms with Crippen molar-refractivity contribution in [3.05, 3.63) is 46.7 Å². The Kier molecular flexibility index (Phi) is 3.91. The van der Waals surface area contributed by atoms with E-state index in [0.29, 0.717) is 0 Å². The van der Waals surface area contributed by atoms with Gasteiger partial charge in [0.1, 0.15) is 5.82 Å². The molecule has 1 unspecified atom stereocenters. The molecule has 5 heteroatoms. The van der Waals surface area contributed by atoms with E-state index < -0.39 is 0 Å². The zero-order valence-electron chi connectivity index (χ0n) is 9.89. The quantitative estimate of drug-likeness (QED) is 0.939. The average Bonchev–Trinajstić information content (AvgIpc) is 2.75. The Morgan fingerprint density at radius 2 is 2.24 bits per heavy atom. The summed E-state index contributed by atoms with van der Waals surface area (Å²) in [5.74, 6) is 1.03. The Balaban J connectivity index is 2.16. The highest BCUT2D eigenvalue weighted by molar-refractivity contribution is 9.10. The van der Waals surface area contributed by atoms with Crippen molar-refractivity contribution in [1.29, 1.82) is 0 Å². The standard InChI is InChI=1S/C12H15BrN4/c1-14-11(12-15-5-6-17(12)2)7-10-4-3-9(13)8-16-10/h3-6,8,11,14H,7H2,1-2H3. The first kappa shape index (κ1) is 12.3. The van der Waals surface area contributed by atoms with Crippen LogP contribution in [0.2, 0.25) is 0 Å². The van der Waals surface area contributed by atoms with Gasteiger partial charge in [-0.3, -0.25) is 4.98 Å². The highest BCUT2D eigenvalue weighted by Crippen LogP contribution is 2.16. The minimum atomic E-state index is 0.184. The van der Waals surface area contributed by atoms with Gasteiger partial charge in [0.2, 0.25) is 0 Å².